The maximum Gasteiger partial charge on any atom is 0.416 e. The molecule has 0 bridgehead atoms. The van der Waals surface area contributed by atoms with Crippen LogP contribution in [-0.4, -0.2) is 42.9 Å². The van der Waals surface area contributed by atoms with Gasteiger partial charge in [0.2, 0.25) is 5.91 Å². The Bertz CT molecular complexity index is 775. The SMILES string of the molecule is CN=C(NCc1ccc(F)cc1C(F)(F)F)NC1CCN(C(=O)C2CCCCC2)C1. The van der Waals surface area contributed by atoms with E-state index in [0.29, 0.717) is 25.1 Å². The Balaban J connectivity index is 1.54. The first-order valence-corrected chi connectivity index (χ1v) is 10.4. The van der Waals surface area contributed by atoms with Crippen LogP contribution < -0.4 is 10.6 Å². The molecule has 1 aromatic carbocycles. The van der Waals surface area contributed by atoms with E-state index in [4.69, 9.17) is 0 Å². The van der Waals surface area contributed by atoms with E-state index in [1.54, 1.807) is 0 Å². The van der Waals surface area contributed by atoms with Crippen molar-refractivity contribution in [2.45, 2.75) is 57.3 Å². The van der Waals surface area contributed by atoms with Crippen molar-refractivity contribution in [2.75, 3.05) is 20.1 Å². The number of hydrogen-bond donors (Lipinski definition) is 2. The molecule has 1 unspecified atom stereocenters. The van der Waals surface area contributed by atoms with E-state index >= 15 is 0 Å². The van der Waals surface area contributed by atoms with Gasteiger partial charge in [-0.3, -0.25) is 9.79 Å². The first-order valence-electron chi connectivity index (χ1n) is 10.4. The summed E-state index contributed by atoms with van der Waals surface area (Å²) in [5, 5.41) is 6.05. The molecule has 30 heavy (non-hydrogen) atoms. The molecule has 0 radical (unpaired) electrons. The lowest BCUT2D eigenvalue weighted by molar-refractivity contribution is -0.138. The number of aliphatic imine (C=N–C) groups is 1. The van der Waals surface area contributed by atoms with Gasteiger partial charge >= 0.3 is 6.18 Å². The number of amides is 1. The topological polar surface area (TPSA) is 56.7 Å². The molecule has 2 aliphatic rings. The summed E-state index contributed by atoms with van der Waals surface area (Å²) in [4.78, 5) is 18.6. The van der Waals surface area contributed by atoms with E-state index in [1.807, 2.05) is 4.90 Å². The summed E-state index contributed by atoms with van der Waals surface area (Å²) >= 11 is 0. The second-order valence-electron chi connectivity index (χ2n) is 7.97. The normalized spacial score (nSPS) is 21.0. The van der Waals surface area contributed by atoms with Gasteiger partial charge in [-0.1, -0.05) is 25.3 Å². The van der Waals surface area contributed by atoms with Crippen LogP contribution in [0.3, 0.4) is 0 Å². The average Bonchev–Trinajstić information content (AvgIpc) is 3.19. The van der Waals surface area contributed by atoms with Gasteiger partial charge in [0.1, 0.15) is 5.82 Å². The van der Waals surface area contributed by atoms with Crippen molar-refractivity contribution in [1.29, 1.82) is 0 Å². The van der Waals surface area contributed by atoms with Crippen molar-refractivity contribution in [2.24, 2.45) is 10.9 Å². The standard InChI is InChI=1S/C21H28F4N4O/c1-26-20(27-12-15-7-8-16(22)11-18(15)21(23,24)25)28-17-9-10-29(13-17)19(30)14-5-3-2-4-6-14/h7-8,11,14,17H,2-6,9-10,12-13H2,1H3,(H2,26,27,28). The highest BCUT2D eigenvalue weighted by Crippen LogP contribution is 2.32. The minimum absolute atomic E-state index is 0.0148. The summed E-state index contributed by atoms with van der Waals surface area (Å²) in [5.74, 6) is -0.246. The fourth-order valence-corrected chi connectivity index (χ4v) is 4.22. The number of alkyl halides is 3. The van der Waals surface area contributed by atoms with Gasteiger partial charge < -0.3 is 15.5 Å². The largest absolute Gasteiger partial charge is 0.416 e. The number of hydrogen-bond acceptors (Lipinski definition) is 2. The molecule has 1 saturated carbocycles. The van der Waals surface area contributed by atoms with Gasteiger partial charge in [-0.25, -0.2) is 4.39 Å². The predicted octanol–water partition coefficient (Wildman–Crippen LogP) is 3.69. The molecular weight excluding hydrogens is 400 g/mol. The second-order valence-corrected chi connectivity index (χ2v) is 7.97. The lowest BCUT2D eigenvalue weighted by Gasteiger charge is -2.26. The number of nitrogens with zero attached hydrogens (tertiary/aromatic N) is 2. The van der Waals surface area contributed by atoms with Gasteiger partial charge in [-0.2, -0.15) is 13.2 Å². The number of nitrogens with one attached hydrogen (secondary N) is 2. The minimum atomic E-state index is -4.64. The van der Waals surface area contributed by atoms with Crippen molar-refractivity contribution < 1.29 is 22.4 Å². The quantitative estimate of drug-likeness (QED) is 0.437. The first-order chi connectivity index (χ1) is 14.3. The molecule has 1 amide bonds. The van der Waals surface area contributed by atoms with Gasteiger partial charge in [0.05, 0.1) is 5.56 Å². The zero-order valence-corrected chi connectivity index (χ0v) is 17.1. The van der Waals surface area contributed by atoms with E-state index in [1.165, 1.54) is 13.5 Å². The Kier molecular flexibility index (Phi) is 7.20. The van der Waals surface area contributed by atoms with E-state index in [9.17, 15) is 22.4 Å². The minimum Gasteiger partial charge on any atom is -0.352 e. The number of rotatable bonds is 4. The van der Waals surface area contributed by atoms with E-state index < -0.39 is 17.6 Å². The number of likely N-dealkylation sites (tertiary alicyclic amines) is 1. The van der Waals surface area contributed by atoms with Crippen LogP contribution in [0.15, 0.2) is 23.2 Å². The van der Waals surface area contributed by atoms with Gasteiger partial charge in [-0.15, -0.1) is 0 Å². The Hall–Kier alpha value is -2.32. The molecule has 1 saturated heterocycles. The Morgan fingerprint density at radius 2 is 1.93 bits per heavy atom. The number of benzene rings is 1. The van der Waals surface area contributed by atoms with Gasteiger partial charge in [0, 0.05) is 38.6 Å². The van der Waals surface area contributed by atoms with Crippen molar-refractivity contribution >= 4 is 11.9 Å². The Labute approximate surface area is 173 Å². The third-order valence-corrected chi connectivity index (χ3v) is 5.84. The van der Waals surface area contributed by atoms with Crippen LogP contribution in [0.25, 0.3) is 0 Å². The summed E-state index contributed by atoms with van der Waals surface area (Å²) in [5.41, 5.74) is -1.07. The van der Waals surface area contributed by atoms with Crippen LogP contribution in [0.4, 0.5) is 17.6 Å². The summed E-state index contributed by atoms with van der Waals surface area (Å²) in [7, 11) is 1.53. The fourth-order valence-electron chi connectivity index (χ4n) is 4.22. The summed E-state index contributed by atoms with van der Waals surface area (Å²) in [6, 6.07) is 2.62. The summed E-state index contributed by atoms with van der Waals surface area (Å²) in [6.45, 7) is 1.08. The maximum atomic E-state index is 13.3. The Morgan fingerprint density at radius 1 is 1.20 bits per heavy atom. The van der Waals surface area contributed by atoms with Gasteiger partial charge in [-0.05, 0) is 37.0 Å². The number of carbonyl (C=O) groups excluding carboxylic acids is 1. The third kappa shape index (κ3) is 5.64. The third-order valence-electron chi connectivity index (χ3n) is 5.84. The molecule has 1 aliphatic carbocycles. The summed E-state index contributed by atoms with van der Waals surface area (Å²) < 4.78 is 52.7. The number of guanidine groups is 1. The van der Waals surface area contributed by atoms with Crippen LogP contribution in [0.2, 0.25) is 0 Å². The van der Waals surface area contributed by atoms with Crippen LogP contribution in [0, 0.1) is 11.7 Å². The van der Waals surface area contributed by atoms with E-state index in [2.05, 4.69) is 15.6 Å². The molecule has 9 heteroatoms. The predicted molar refractivity (Wildman–Crippen MR) is 106 cm³/mol. The van der Waals surface area contributed by atoms with Crippen LogP contribution >= 0.6 is 0 Å². The lowest BCUT2D eigenvalue weighted by atomic mass is 9.88. The summed E-state index contributed by atoms with van der Waals surface area (Å²) in [6.07, 6.45) is 1.42. The molecule has 1 aliphatic heterocycles. The smallest absolute Gasteiger partial charge is 0.352 e. The second kappa shape index (κ2) is 9.66. The number of carbonyl (C=O) groups is 1. The maximum absolute atomic E-state index is 13.3. The van der Waals surface area contributed by atoms with Gasteiger partial charge in [0.25, 0.3) is 0 Å². The molecular formula is C21H28F4N4O. The average molecular weight is 428 g/mol. The van der Waals surface area contributed by atoms with Crippen LogP contribution in [-0.2, 0) is 17.5 Å². The van der Waals surface area contributed by atoms with Crippen molar-refractivity contribution in [3.63, 3.8) is 0 Å². The lowest BCUT2D eigenvalue weighted by Crippen LogP contribution is -2.45. The highest BCUT2D eigenvalue weighted by Gasteiger charge is 2.34. The molecule has 5 nitrogen and oxygen atoms in total. The fraction of sp³-hybridized carbons (Fsp3) is 0.619. The number of halogens is 4. The molecule has 1 aromatic rings. The molecule has 1 atom stereocenters. The molecule has 1 heterocycles. The van der Waals surface area contributed by atoms with E-state index in [0.717, 1.165) is 44.2 Å². The zero-order valence-electron chi connectivity index (χ0n) is 17.1. The molecule has 3 rings (SSSR count). The van der Waals surface area contributed by atoms with Crippen LogP contribution in [0.5, 0.6) is 0 Å². The monoisotopic (exact) mass is 428 g/mol. The van der Waals surface area contributed by atoms with Gasteiger partial charge in [0.15, 0.2) is 5.96 Å². The molecule has 0 aromatic heterocycles. The molecule has 2 N–H and O–H groups in total. The first kappa shape index (κ1) is 22.4. The molecule has 2 fully saturated rings. The molecule has 0 spiro atoms. The zero-order chi connectivity index (χ0) is 21.7. The van der Waals surface area contributed by atoms with Crippen molar-refractivity contribution in [3.8, 4) is 0 Å². The Morgan fingerprint density at radius 3 is 2.60 bits per heavy atom. The highest BCUT2D eigenvalue weighted by atomic mass is 19.4. The van der Waals surface area contributed by atoms with Crippen molar-refractivity contribution in [1.82, 2.24) is 15.5 Å². The highest BCUT2D eigenvalue weighted by molar-refractivity contribution is 5.81. The van der Waals surface area contributed by atoms with E-state index in [-0.39, 0.29) is 30.0 Å². The van der Waals surface area contributed by atoms with Crippen LogP contribution in [0.1, 0.15) is 49.7 Å². The molecule has 166 valence electrons. The van der Waals surface area contributed by atoms with Crippen molar-refractivity contribution in [3.05, 3.63) is 35.1 Å².